The number of aromatic carboxylic acids is 1. The minimum absolute atomic E-state index is 0.0287. The average molecular weight is 273 g/mol. The van der Waals surface area contributed by atoms with Crippen molar-refractivity contribution in [3.05, 3.63) is 29.8 Å². The second-order valence-corrected chi connectivity index (χ2v) is 4.21. The van der Waals surface area contributed by atoms with Crippen molar-refractivity contribution >= 4 is 27.9 Å². The Morgan fingerprint density at radius 1 is 1.40 bits per heavy atom. The number of ether oxygens (including phenoxy) is 1. The third-order valence-electron chi connectivity index (χ3n) is 1.65. The molecule has 0 aliphatic rings. The van der Waals surface area contributed by atoms with Gasteiger partial charge in [-0.05, 0) is 19.1 Å². The molecule has 0 saturated carbocycles. The van der Waals surface area contributed by atoms with Gasteiger partial charge in [-0.1, -0.05) is 28.1 Å². The highest BCUT2D eigenvalue weighted by molar-refractivity contribution is 9.10. The average Bonchev–Trinajstić information content (AvgIpc) is 2.18. The van der Waals surface area contributed by atoms with Gasteiger partial charge in [0.2, 0.25) is 0 Å². The van der Waals surface area contributed by atoms with E-state index in [0.717, 1.165) is 0 Å². The van der Waals surface area contributed by atoms with Crippen LogP contribution in [0.4, 0.5) is 0 Å². The molecule has 1 aromatic carbocycles. The summed E-state index contributed by atoms with van der Waals surface area (Å²) in [6.45, 7) is 1.60. The van der Waals surface area contributed by atoms with E-state index in [9.17, 15) is 9.59 Å². The lowest BCUT2D eigenvalue weighted by molar-refractivity contribution is -0.133. The van der Waals surface area contributed by atoms with Crippen molar-refractivity contribution in [2.45, 2.75) is 11.8 Å². The van der Waals surface area contributed by atoms with Gasteiger partial charge in [0, 0.05) is 0 Å². The number of carbonyl (C=O) groups excluding carboxylic acids is 1. The van der Waals surface area contributed by atoms with Crippen molar-refractivity contribution in [2.75, 3.05) is 0 Å². The maximum absolute atomic E-state index is 11.2. The monoisotopic (exact) mass is 272 g/mol. The van der Waals surface area contributed by atoms with Crippen molar-refractivity contribution < 1.29 is 19.4 Å². The zero-order valence-corrected chi connectivity index (χ0v) is 9.52. The zero-order chi connectivity index (χ0) is 11.4. The van der Waals surface area contributed by atoms with E-state index < -0.39 is 16.8 Å². The summed E-state index contributed by atoms with van der Waals surface area (Å²) in [6, 6.07) is 5.99. The first-order chi connectivity index (χ1) is 7.02. The highest BCUT2D eigenvalue weighted by atomic mass is 79.9. The van der Waals surface area contributed by atoms with Gasteiger partial charge in [-0.25, -0.2) is 4.79 Å². The van der Waals surface area contributed by atoms with Crippen LogP contribution in [0.25, 0.3) is 0 Å². The van der Waals surface area contributed by atoms with Crippen molar-refractivity contribution in [3.63, 3.8) is 0 Å². The standard InChI is InChI=1S/C10H9BrO4/c1-6(11)10(14)15-8-5-3-2-4-7(8)9(12)13/h2-6H,1H3,(H,12,13). The van der Waals surface area contributed by atoms with Gasteiger partial charge < -0.3 is 9.84 Å². The maximum Gasteiger partial charge on any atom is 0.339 e. The fraction of sp³-hybridized carbons (Fsp3) is 0.200. The second kappa shape index (κ2) is 4.93. The lowest BCUT2D eigenvalue weighted by atomic mass is 10.2. The van der Waals surface area contributed by atoms with E-state index >= 15 is 0 Å². The molecule has 0 spiro atoms. The molecule has 0 radical (unpaired) electrons. The van der Waals surface area contributed by atoms with Crippen LogP contribution < -0.4 is 4.74 Å². The highest BCUT2D eigenvalue weighted by Crippen LogP contribution is 2.19. The van der Waals surface area contributed by atoms with E-state index in [1.165, 1.54) is 12.1 Å². The summed E-state index contributed by atoms with van der Waals surface area (Å²) in [5, 5.41) is 8.81. The quantitative estimate of drug-likeness (QED) is 0.520. The van der Waals surface area contributed by atoms with Crippen LogP contribution in [0.1, 0.15) is 17.3 Å². The molecule has 1 N–H and O–H groups in total. The summed E-state index contributed by atoms with van der Waals surface area (Å²) >= 11 is 3.04. The van der Waals surface area contributed by atoms with Crippen LogP contribution in [0.5, 0.6) is 5.75 Å². The number of carbonyl (C=O) groups is 2. The predicted molar refractivity (Wildman–Crippen MR) is 57.4 cm³/mol. The van der Waals surface area contributed by atoms with E-state index in [1.54, 1.807) is 19.1 Å². The summed E-state index contributed by atoms with van der Waals surface area (Å²) < 4.78 is 4.90. The third-order valence-corrected chi connectivity index (χ3v) is 2.03. The third kappa shape index (κ3) is 3.06. The SMILES string of the molecule is CC(Br)C(=O)Oc1ccccc1C(=O)O. The molecule has 15 heavy (non-hydrogen) atoms. The summed E-state index contributed by atoms with van der Waals surface area (Å²) in [5.74, 6) is -1.59. The van der Waals surface area contributed by atoms with Crippen LogP contribution in [-0.4, -0.2) is 21.9 Å². The molecule has 0 aliphatic carbocycles. The van der Waals surface area contributed by atoms with Gasteiger partial charge >= 0.3 is 11.9 Å². The Labute approximate surface area is 95.0 Å². The van der Waals surface area contributed by atoms with Crippen molar-refractivity contribution in [1.29, 1.82) is 0 Å². The number of carboxylic acids is 1. The Bertz CT molecular complexity index is 387. The Kier molecular flexibility index (Phi) is 3.85. The van der Waals surface area contributed by atoms with E-state index in [0.29, 0.717) is 0 Å². The molecular weight excluding hydrogens is 264 g/mol. The normalized spacial score (nSPS) is 11.9. The number of hydrogen-bond donors (Lipinski definition) is 1. The molecule has 4 nitrogen and oxygen atoms in total. The van der Waals surface area contributed by atoms with Crippen molar-refractivity contribution in [3.8, 4) is 5.75 Å². The summed E-state index contributed by atoms with van der Waals surface area (Å²) in [4.78, 5) is 21.5. The Hall–Kier alpha value is -1.36. The number of para-hydroxylation sites is 1. The molecule has 0 fully saturated rings. The van der Waals surface area contributed by atoms with Crippen molar-refractivity contribution in [2.24, 2.45) is 0 Å². The first kappa shape index (κ1) is 11.7. The Morgan fingerprint density at radius 3 is 2.53 bits per heavy atom. The Balaban J connectivity index is 2.94. The second-order valence-electron chi connectivity index (χ2n) is 2.84. The van der Waals surface area contributed by atoms with E-state index in [2.05, 4.69) is 15.9 Å². The molecule has 80 valence electrons. The fourth-order valence-electron chi connectivity index (χ4n) is 0.922. The summed E-state index contributed by atoms with van der Waals surface area (Å²) in [6.07, 6.45) is 0. The van der Waals surface area contributed by atoms with E-state index in [4.69, 9.17) is 9.84 Å². The number of esters is 1. The van der Waals surface area contributed by atoms with Crippen LogP contribution in [0.2, 0.25) is 0 Å². The Morgan fingerprint density at radius 2 is 2.00 bits per heavy atom. The lowest BCUT2D eigenvalue weighted by Gasteiger charge is -2.07. The lowest BCUT2D eigenvalue weighted by Crippen LogP contribution is -2.18. The van der Waals surface area contributed by atoms with Crippen LogP contribution in [0, 0.1) is 0 Å². The maximum atomic E-state index is 11.2. The van der Waals surface area contributed by atoms with Crippen LogP contribution in [0.15, 0.2) is 24.3 Å². The fourth-order valence-corrected chi connectivity index (χ4v) is 1.02. The molecule has 0 saturated heterocycles. The first-order valence-electron chi connectivity index (χ1n) is 4.20. The largest absolute Gasteiger partial charge is 0.478 e. The summed E-state index contributed by atoms with van der Waals surface area (Å²) in [5.41, 5.74) is -0.0287. The molecule has 0 bridgehead atoms. The number of benzene rings is 1. The molecule has 1 rings (SSSR count). The van der Waals surface area contributed by atoms with Crippen LogP contribution >= 0.6 is 15.9 Å². The molecule has 0 aromatic heterocycles. The van der Waals surface area contributed by atoms with Gasteiger partial charge in [0.15, 0.2) is 0 Å². The van der Waals surface area contributed by atoms with Crippen LogP contribution in [0.3, 0.4) is 0 Å². The highest BCUT2D eigenvalue weighted by Gasteiger charge is 2.16. The van der Waals surface area contributed by atoms with Gasteiger partial charge in [0.05, 0.1) is 0 Å². The smallest absolute Gasteiger partial charge is 0.339 e. The molecule has 5 heteroatoms. The van der Waals surface area contributed by atoms with Gasteiger partial charge in [-0.2, -0.15) is 0 Å². The molecular formula is C10H9BrO4. The zero-order valence-electron chi connectivity index (χ0n) is 7.94. The molecule has 1 atom stereocenters. The van der Waals surface area contributed by atoms with Gasteiger partial charge in [-0.3, -0.25) is 4.79 Å². The first-order valence-corrected chi connectivity index (χ1v) is 5.12. The minimum Gasteiger partial charge on any atom is -0.478 e. The van der Waals surface area contributed by atoms with Crippen molar-refractivity contribution in [1.82, 2.24) is 0 Å². The molecule has 1 unspecified atom stereocenters. The number of halogens is 1. The number of alkyl halides is 1. The number of carboxylic acid groups (broad SMARTS) is 1. The minimum atomic E-state index is -1.12. The van der Waals surface area contributed by atoms with Gasteiger partial charge in [0.25, 0.3) is 0 Å². The molecule has 0 heterocycles. The van der Waals surface area contributed by atoms with Crippen LogP contribution in [-0.2, 0) is 4.79 Å². The topological polar surface area (TPSA) is 63.6 Å². The number of hydrogen-bond acceptors (Lipinski definition) is 3. The number of rotatable bonds is 3. The summed E-state index contributed by atoms with van der Waals surface area (Å²) in [7, 11) is 0. The molecule has 1 aromatic rings. The van der Waals surface area contributed by atoms with E-state index in [1.807, 2.05) is 0 Å². The molecule has 0 aliphatic heterocycles. The van der Waals surface area contributed by atoms with Gasteiger partial charge in [-0.15, -0.1) is 0 Å². The van der Waals surface area contributed by atoms with E-state index in [-0.39, 0.29) is 11.3 Å². The predicted octanol–water partition coefficient (Wildman–Crippen LogP) is 2.07. The molecule has 0 amide bonds. The van der Waals surface area contributed by atoms with Gasteiger partial charge in [0.1, 0.15) is 16.1 Å².